The Hall–Kier alpha value is -1.22. The molecule has 0 aliphatic heterocycles. The SMILES string of the molecule is CCOC(=O)Cc1c(Cl)ccc(N)c1C. The molecule has 82 valence electrons. The van der Waals surface area contributed by atoms with Crippen LogP contribution in [-0.2, 0) is 16.0 Å². The van der Waals surface area contributed by atoms with E-state index in [1.165, 1.54) is 0 Å². The summed E-state index contributed by atoms with van der Waals surface area (Å²) in [7, 11) is 0. The van der Waals surface area contributed by atoms with Gasteiger partial charge in [-0.3, -0.25) is 4.79 Å². The third kappa shape index (κ3) is 2.86. The normalized spacial score (nSPS) is 10.1. The summed E-state index contributed by atoms with van der Waals surface area (Å²) in [4.78, 5) is 11.3. The van der Waals surface area contributed by atoms with Gasteiger partial charge in [-0.15, -0.1) is 0 Å². The Balaban J connectivity index is 2.93. The number of nitrogens with two attached hydrogens (primary N) is 1. The number of rotatable bonds is 3. The monoisotopic (exact) mass is 227 g/mol. The molecule has 1 aromatic rings. The third-order valence-electron chi connectivity index (χ3n) is 2.21. The molecule has 0 saturated heterocycles. The molecular weight excluding hydrogens is 214 g/mol. The molecule has 0 heterocycles. The van der Waals surface area contributed by atoms with Crippen LogP contribution >= 0.6 is 11.6 Å². The maximum Gasteiger partial charge on any atom is 0.310 e. The molecule has 0 aliphatic carbocycles. The summed E-state index contributed by atoms with van der Waals surface area (Å²) in [5.41, 5.74) is 7.95. The van der Waals surface area contributed by atoms with Crippen molar-refractivity contribution in [3.8, 4) is 0 Å². The van der Waals surface area contributed by atoms with Gasteiger partial charge in [-0.2, -0.15) is 0 Å². The number of benzene rings is 1. The molecule has 15 heavy (non-hydrogen) atoms. The molecule has 0 radical (unpaired) electrons. The maximum absolute atomic E-state index is 11.3. The lowest BCUT2D eigenvalue weighted by Gasteiger charge is -2.09. The molecular formula is C11H14ClNO2. The highest BCUT2D eigenvalue weighted by Crippen LogP contribution is 2.25. The number of carbonyl (C=O) groups is 1. The molecule has 4 heteroatoms. The van der Waals surface area contributed by atoms with E-state index in [-0.39, 0.29) is 12.4 Å². The Kier molecular flexibility index (Phi) is 3.97. The van der Waals surface area contributed by atoms with E-state index < -0.39 is 0 Å². The first-order valence-electron chi connectivity index (χ1n) is 4.75. The van der Waals surface area contributed by atoms with Crippen LogP contribution in [0.15, 0.2) is 12.1 Å². The number of ether oxygens (including phenoxy) is 1. The molecule has 3 nitrogen and oxygen atoms in total. The Morgan fingerprint density at radius 3 is 2.80 bits per heavy atom. The van der Waals surface area contributed by atoms with E-state index in [2.05, 4.69) is 0 Å². The van der Waals surface area contributed by atoms with Gasteiger partial charge < -0.3 is 10.5 Å². The van der Waals surface area contributed by atoms with E-state index >= 15 is 0 Å². The first-order chi connectivity index (χ1) is 7.06. The average Bonchev–Trinajstić information content (AvgIpc) is 2.19. The average molecular weight is 228 g/mol. The Labute approximate surface area is 94.2 Å². The van der Waals surface area contributed by atoms with Crippen molar-refractivity contribution in [3.05, 3.63) is 28.3 Å². The quantitative estimate of drug-likeness (QED) is 0.637. The fourth-order valence-corrected chi connectivity index (χ4v) is 1.59. The van der Waals surface area contributed by atoms with Crippen molar-refractivity contribution in [1.29, 1.82) is 0 Å². The van der Waals surface area contributed by atoms with Crippen LogP contribution in [0.2, 0.25) is 5.02 Å². The van der Waals surface area contributed by atoms with Crippen LogP contribution < -0.4 is 5.73 Å². The predicted octanol–water partition coefficient (Wildman–Crippen LogP) is 2.34. The molecule has 0 bridgehead atoms. The number of nitrogen functional groups attached to an aromatic ring is 1. The highest BCUT2D eigenvalue weighted by Gasteiger charge is 2.12. The summed E-state index contributed by atoms with van der Waals surface area (Å²) in [5, 5.41) is 0.551. The van der Waals surface area contributed by atoms with Crippen molar-refractivity contribution in [2.45, 2.75) is 20.3 Å². The lowest BCUT2D eigenvalue weighted by molar-refractivity contribution is -0.142. The summed E-state index contributed by atoms with van der Waals surface area (Å²) in [6.45, 7) is 3.99. The molecule has 0 atom stereocenters. The Morgan fingerprint density at radius 2 is 2.20 bits per heavy atom. The number of esters is 1. The van der Waals surface area contributed by atoms with Gasteiger partial charge in [-0.1, -0.05) is 11.6 Å². The maximum atomic E-state index is 11.3. The first-order valence-corrected chi connectivity index (χ1v) is 5.13. The van der Waals surface area contributed by atoms with Gasteiger partial charge in [0.25, 0.3) is 0 Å². The molecule has 0 aromatic heterocycles. The van der Waals surface area contributed by atoms with Gasteiger partial charge in [0.1, 0.15) is 0 Å². The number of anilines is 1. The van der Waals surface area contributed by atoms with Crippen LogP contribution in [0.3, 0.4) is 0 Å². The highest BCUT2D eigenvalue weighted by molar-refractivity contribution is 6.31. The molecule has 1 aromatic carbocycles. The molecule has 0 saturated carbocycles. The summed E-state index contributed by atoms with van der Waals surface area (Å²) >= 11 is 5.98. The lowest BCUT2D eigenvalue weighted by Crippen LogP contribution is -2.09. The number of hydrogen-bond donors (Lipinski definition) is 1. The van der Waals surface area contributed by atoms with Gasteiger partial charge in [0, 0.05) is 10.7 Å². The van der Waals surface area contributed by atoms with E-state index in [0.717, 1.165) is 11.1 Å². The fourth-order valence-electron chi connectivity index (χ4n) is 1.32. The van der Waals surface area contributed by atoms with Crippen LogP contribution in [0.1, 0.15) is 18.1 Å². The largest absolute Gasteiger partial charge is 0.466 e. The van der Waals surface area contributed by atoms with Crippen LogP contribution in [0.25, 0.3) is 0 Å². The summed E-state index contributed by atoms with van der Waals surface area (Å²) in [6.07, 6.45) is 0.170. The van der Waals surface area contributed by atoms with Crippen molar-refractivity contribution in [1.82, 2.24) is 0 Å². The van der Waals surface area contributed by atoms with Crippen molar-refractivity contribution in [3.63, 3.8) is 0 Å². The number of carbonyl (C=O) groups excluding carboxylic acids is 1. The minimum Gasteiger partial charge on any atom is -0.466 e. The highest BCUT2D eigenvalue weighted by atomic mass is 35.5. The van der Waals surface area contributed by atoms with Crippen LogP contribution in [-0.4, -0.2) is 12.6 Å². The summed E-state index contributed by atoms with van der Waals surface area (Å²) in [5.74, 6) is -0.284. The van der Waals surface area contributed by atoms with Crippen molar-refractivity contribution < 1.29 is 9.53 Å². The predicted molar refractivity (Wildman–Crippen MR) is 60.9 cm³/mol. The second-order valence-electron chi connectivity index (χ2n) is 3.22. The van der Waals surface area contributed by atoms with Crippen LogP contribution in [0, 0.1) is 6.92 Å². The fraction of sp³-hybridized carbons (Fsp3) is 0.364. The van der Waals surface area contributed by atoms with Gasteiger partial charge in [0.2, 0.25) is 0 Å². The van der Waals surface area contributed by atoms with Gasteiger partial charge in [-0.25, -0.2) is 0 Å². The topological polar surface area (TPSA) is 52.3 Å². The first kappa shape index (κ1) is 11.9. The van der Waals surface area contributed by atoms with Gasteiger partial charge in [-0.05, 0) is 37.1 Å². The van der Waals surface area contributed by atoms with E-state index in [4.69, 9.17) is 22.1 Å². The zero-order valence-corrected chi connectivity index (χ0v) is 9.60. The molecule has 2 N–H and O–H groups in total. The van der Waals surface area contributed by atoms with E-state index in [1.54, 1.807) is 19.1 Å². The number of halogens is 1. The summed E-state index contributed by atoms with van der Waals surface area (Å²) < 4.78 is 4.86. The summed E-state index contributed by atoms with van der Waals surface area (Å²) in [6, 6.07) is 3.42. The molecule has 0 unspecified atom stereocenters. The molecule has 0 aliphatic rings. The van der Waals surface area contributed by atoms with Crippen molar-refractivity contribution >= 4 is 23.3 Å². The smallest absolute Gasteiger partial charge is 0.310 e. The van der Waals surface area contributed by atoms with E-state index in [9.17, 15) is 4.79 Å². The minimum atomic E-state index is -0.284. The molecule has 1 rings (SSSR count). The Bertz CT molecular complexity index is 377. The molecule has 0 amide bonds. The lowest BCUT2D eigenvalue weighted by atomic mass is 10.0. The van der Waals surface area contributed by atoms with Gasteiger partial charge in [0.05, 0.1) is 13.0 Å². The molecule has 0 fully saturated rings. The second-order valence-corrected chi connectivity index (χ2v) is 3.63. The zero-order chi connectivity index (χ0) is 11.4. The Morgan fingerprint density at radius 1 is 1.53 bits per heavy atom. The van der Waals surface area contributed by atoms with Gasteiger partial charge >= 0.3 is 5.97 Å². The zero-order valence-electron chi connectivity index (χ0n) is 8.84. The van der Waals surface area contributed by atoms with E-state index in [1.807, 2.05) is 6.92 Å². The minimum absolute atomic E-state index is 0.170. The molecule has 0 spiro atoms. The second kappa shape index (κ2) is 5.03. The van der Waals surface area contributed by atoms with Crippen LogP contribution in [0.4, 0.5) is 5.69 Å². The van der Waals surface area contributed by atoms with Crippen LogP contribution in [0.5, 0.6) is 0 Å². The number of hydrogen-bond acceptors (Lipinski definition) is 3. The van der Waals surface area contributed by atoms with Crippen molar-refractivity contribution in [2.24, 2.45) is 0 Å². The third-order valence-corrected chi connectivity index (χ3v) is 2.56. The standard InChI is InChI=1S/C11H14ClNO2/c1-3-15-11(14)6-8-7(2)10(13)5-4-9(8)12/h4-5H,3,6,13H2,1-2H3. The van der Waals surface area contributed by atoms with Gasteiger partial charge in [0.15, 0.2) is 0 Å². The van der Waals surface area contributed by atoms with Crippen molar-refractivity contribution in [2.75, 3.05) is 12.3 Å². The van der Waals surface area contributed by atoms with E-state index in [0.29, 0.717) is 17.3 Å².